The first-order valence-corrected chi connectivity index (χ1v) is 9.57. The fourth-order valence-electron chi connectivity index (χ4n) is 3.88. The Morgan fingerprint density at radius 2 is 1.47 bits per heavy atom. The van der Waals surface area contributed by atoms with Gasteiger partial charge >= 0.3 is 11.9 Å². The summed E-state index contributed by atoms with van der Waals surface area (Å²) in [6.45, 7) is 3.31. The van der Waals surface area contributed by atoms with E-state index in [1.165, 1.54) is 24.3 Å². The standard InChI is InChI=1S/C22H21NO7/c1-3-29-20(25)22(21(26)30-4-2)17(14-8-6-5-7-9-14)18(22)19(24)15-10-12-16(13-11-15)23(27)28/h5-13,17-18H,3-4H2,1-2H3/t17-,18+/m1/s1. The van der Waals surface area contributed by atoms with E-state index < -0.39 is 39.9 Å². The molecule has 1 saturated carbocycles. The van der Waals surface area contributed by atoms with E-state index in [-0.39, 0.29) is 24.5 Å². The van der Waals surface area contributed by atoms with Crippen LogP contribution < -0.4 is 0 Å². The average molecular weight is 411 g/mol. The largest absolute Gasteiger partial charge is 0.465 e. The van der Waals surface area contributed by atoms with Crippen molar-refractivity contribution in [2.45, 2.75) is 19.8 Å². The Labute approximate surface area is 172 Å². The van der Waals surface area contributed by atoms with Gasteiger partial charge in [-0.15, -0.1) is 0 Å². The van der Waals surface area contributed by atoms with Gasteiger partial charge in [-0.05, 0) is 31.5 Å². The van der Waals surface area contributed by atoms with Gasteiger partial charge in [0.1, 0.15) is 0 Å². The molecule has 2 aromatic rings. The Morgan fingerprint density at radius 3 is 1.93 bits per heavy atom. The van der Waals surface area contributed by atoms with Crippen LogP contribution in [-0.2, 0) is 19.1 Å². The average Bonchev–Trinajstić information content (AvgIpc) is 3.46. The first kappa shape index (κ1) is 21.2. The minimum Gasteiger partial charge on any atom is -0.465 e. The molecule has 0 radical (unpaired) electrons. The summed E-state index contributed by atoms with van der Waals surface area (Å²) in [7, 11) is 0. The number of esters is 2. The van der Waals surface area contributed by atoms with Crippen LogP contribution in [-0.4, -0.2) is 35.9 Å². The third-order valence-electron chi connectivity index (χ3n) is 5.24. The number of nitro groups is 1. The number of Topliss-reactive ketones (excluding diaryl/α,β-unsaturated/α-hetero) is 1. The molecule has 0 amide bonds. The molecule has 0 heterocycles. The van der Waals surface area contributed by atoms with Crippen LogP contribution in [0.25, 0.3) is 0 Å². The summed E-state index contributed by atoms with van der Waals surface area (Å²) in [6, 6.07) is 13.8. The van der Waals surface area contributed by atoms with Gasteiger partial charge in [0.25, 0.3) is 5.69 Å². The van der Waals surface area contributed by atoms with Crippen LogP contribution in [0.5, 0.6) is 0 Å². The maximum atomic E-state index is 13.3. The predicted octanol–water partition coefficient (Wildman–Crippen LogP) is 3.30. The normalized spacial score (nSPS) is 18.9. The zero-order valence-corrected chi connectivity index (χ0v) is 16.6. The van der Waals surface area contributed by atoms with Crippen molar-refractivity contribution in [1.82, 2.24) is 0 Å². The number of benzene rings is 2. The highest BCUT2D eigenvalue weighted by molar-refractivity contribution is 6.16. The summed E-state index contributed by atoms with van der Waals surface area (Å²) in [4.78, 5) is 49.5. The van der Waals surface area contributed by atoms with Crippen molar-refractivity contribution in [2.75, 3.05) is 13.2 Å². The van der Waals surface area contributed by atoms with Gasteiger partial charge in [-0.3, -0.25) is 24.5 Å². The van der Waals surface area contributed by atoms with Crippen molar-refractivity contribution in [1.29, 1.82) is 0 Å². The van der Waals surface area contributed by atoms with Crippen molar-refractivity contribution in [2.24, 2.45) is 11.3 Å². The first-order valence-electron chi connectivity index (χ1n) is 9.57. The third-order valence-corrected chi connectivity index (χ3v) is 5.24. The molecule has 0 bridgehead atoms. The van der Waals surface area contributed by atoms with Gasteiger partial charge in [0.15, 0.2) is 11.2 Å². The molecule has 1 aliphatic rings. The smallest absolute Gasteiger partial charge is 0.324 e. The first-order chi connectivity index (χ1) is 14.4. The van der Waals surface area contributed by atoms with Gasteiger partial charge in [0, 0.05) is 23.6 Å². The van der Waals surface area contributed by atoms with Crippen LogP contribution in [0.2, 0.25) is 0 Å². The SMILES string of the molecule is CCOC(=O)C1(C(=O)OCC)[C@H](C(=O)c2ccc([N+](=O)[O-])cc2)[C@H]1c1ccccc1. The van der Waals surface area contributed by atoms with E-state index in [1.54, 1.807) is 44.2 Å². The number of ether oxygens (including phenoxy) is 2. The molecule has 0 saturated heterocycles. The number of hydrogen-bond donors (Lipinski definition) is 0. The molecule has 2 atom stereocenters. The molecule has 30 heavy (non-hydrogen) atoms. The Bertz CT molecular complexity index is 951. The van der Waals surface area contributed by atoms with Gasteiger partial charge in [0.2, 0.25) is 0 Å². The number of carbonyl (C=O) groups is 3. The molecule has 0 N–H and O–H groups in total. The van der Waals surface area contributed by atoms with E-state index >= 15 is 0 Å². The Hall–Kier alpha value is -3.55. The quantitative estimate of drug-likeness (QED) is 0.215. The molecule has 1 fully saturated rings. The predicted molar refractivity (Wildman–Crippen MR) is 106 cm³/mol. The van der Waals surface area contributed by atoms with E-state index in [1.807, 2.05) is 0 Å². The summed E-state index contributed by atoms with van der Waals surface area (Å²) < 4.78 is 10.3. The molecule has 0 spiro atoms. The van der Waals surface area contributed by atoms with Crippen molar-refractivity contribution in [3.63, 3.8) is 0 Å². The maximum Gasteiger partial charge on any atom is 0.324 e. The zero-order chi connectivity index (χ0) is 21.9. The van der Waals surface area contributed by atoms with E-state index in [4.69, 9.17) is 9.47 Å². The van der Waals surface area contributed by atoms with Gasteiger partial charge in [0.05, 0.1) is 24.1 Å². The highest BCUT2D eigenvalue weighted by Crippen LogP contribution is 2.67. The summed E-state index contributed by atoms with van der Waals surface area (Å²) in [5.41, 5.74) is -1.14. The van der Waals surface area contributed by atoms with E-state index in [2.05, 4.69) is 0 Å². The van der Waals surface area contributed by atoms with Gasteiger partial charge < -0.3 is 9.47 Å². The second kappa shape index (κ2) is 8.44. The van der Waals surface area contributed by atoms with Crippen LogP contribution in [0.1, 0.15) is 35.7 Å². The van der Waals surface area contributed by atoms with Crippen molar-refractivity contribution in [3.8, 4) is 0 Å². The number of nitro benzene ring substituents is 1. The molecule has 1 aliphatic carbocycles. The van der Waals surface area contributed by atoms with Gasteiger partial charge in [-0.1, -0.05) is 30.3 Å². The van der Waals surface area contributed by atoms with Crippen molar-refractivity contribution < 1.29 is 28.8 Å². The number of ketones is 1. The zero-order valence-electron chi connectivity index (χ0n) is 16.6. The Balaban J connectivity index is 2.07. The maximum absolute atomic E-state index is 13.3. The molecule has 8 nitrogen and oxygen atoms in total. The van der Waals surface area contributed by atoms with E-state index in [9.17, 15) is 24.5 Å². The topological polar surface area (TPSA) is 113 Å². The van der Waals surface area contributed by atoms with Crippen LogP contribution in [0.3, 0.4) is 0 Å². The molecule has 156 valence electrons. The number of non-ortho nitro benzene ring substituents is 1. The fourth-order valence-corrected chi connectivity index (χ4v) is 3.88. The molecule has 0 aliphatic heterocycles. The lowest BCUT2D eigenvalue weighted by Crippen LogP contribution is -2.34. The van der Waals surface area contributed by atoms with Crippen LogP contribution in [0.15, 0.2) is 54.6 Å². The van der Waals surface area contributed by atoms with Crippen LogP contribution >= 0.6 is 0 Å². The number of carbonyl (C=O) groups excluding carboxylic acids is 3. The number of rotatable bonds is 8. The molecule has 2 aromatic carbocycles. The minimum absolute atomic E-state index is 0.0416. The summed E-state index contributed by atoms with van der Waals surface area (Å²) in [5.74, 6) is -3.87. The molecule has 0 aromatic heterocycles. The Morgan fingerprint density at radius 1 is 0.933 bits per heavy atom. The van der Waals surface area contributed by atoms with E-state index in [0.717, 1.165) is 0 Å². The molecule has 8 heteroatoms. The monoisotopic (exact) mass is 411 g/mol. The Kier molecular flexibility index (Phi) is 5.96. The van der Waals surface area contributed by atoms with Crippen molar-refractivity contribution in [3.05, 3.63) is 75.8 Å². The second-order valence-corrected chi connectivity index (χ2v) is 6.84. The second-order valence-electron chi connectivity index (χ2n) is 6.84. The van der Waals surface area contributed by atoms with E-state index in [0.29, 0.717) is 5.56 Å². The number of hydrogen-bond acceptors (Lipinski definition) is 7. The molecular formula is C22H21NO7. The molecule has 3 rings (SSSR count). The molecular weight excluding hydrogens is 390 g/mol. The highest BCUT2D eigenvalue weighted by Gasteiger charge is 2.79. The van der Waals surface area contributed by atoms with Gasteiger partial charge in [-0.2, -0.15) is 0 Å². The lowest BCUT2D eigenvalue weighted by molar-refractivity contribution is -0.384. The lowest BCUT2D eigenvalue weighted by atomic mass is 9.97. The van der Waals surface area contributed by atoms with Crippen molar-refractivity contribution >= 4 is 23.4 Å². The summed E-state index contributed by atoms with van der Waals surface area (Å²) in [6.07, 6.45) is 0. The lowest BCUT2D eigenvalue weighted by Gasteiger charge is -2.15. The van der Waals surface area contributed by atoms with Crippen LogP contribution in [0.4, 0.5) is 5.69 Å². The summed E-state index contributed by atoms with van der Waals surface area (Å²) in [5, 5.41) is 10.9. The minimum atomic E-state index is -1.79. The summed E-state index contributed by atoms with van der Waals surface area (Å²) >= 11 is 0. The number of nitrogens with zero attached hydrogens (tertiary/aromatic N) is 1. The fraction of sp³-hybridized carbons (Fsp3) is 0.318. The highest BCUT2D eigenvalue weighted by atomic mass is 16.6. The molecule has 0 unspecified atom stereocenters. The van der Waals surface area contributed by atoms with Crippen LogP contribution in [0, 0.1) is 21.4 Å². The third kappa shape index (κ3) is 3.45. The van der Waals surface area contributed by atoms with Gasteiger partial charge in [-0.25, -0.2) is 0 Å².